The third-order valence-corrected chi connectivity index (χ3v) is 10.4. The molecule has 3 amide bonds. The number of anilines is 1. The largest absolute Gasteiger partial charge is 0.396 e. The first-order valence-corrected chi connectivity index (χ1v) is 14.7. The van der Waals surface area contributed by atoms with Crippen molar-refractivity contribution in [2.45, 2.75) is 61.1 Å². The average molecular weight is 556 g/mol. The maximum atomic E-state index is 14.0. The first-order chi connectivity index (χ1) is 18.5. The lowest BCUT2D eigenvalue weighted by Gasteiger charge is -2.34. The zero-order valence-electron chi connectivity index (χ0n) is 21.3. The summed E-state index contributed by atoms with van der Waals surface area (Å²) in [6.07, 6.45) is 4.71. The Morgan fingerprint density at radius 3 is 2.53 bits per heavy atom. The number of aliphatic hydroxyl groups excluding tert-OH is 1. The summed E-state index contributed by atoms with van der Waals surface area (Å²) in [4.78, 5) is 43.1. The van der Waals surface area contributed by atoms with E-state index in [4.69, 9.17) is 16.7 Å². The second-order valence-corrected chi connectivity index (χ2v) is 12.4. The van der Waals surface area contributed by atoms with Gasteiger partial charge in [-0.25, -0.2) is 0 Å². The van der Waals surface area contributed by atoms with E-state index in [1.54, 1.807) is 34.9 Å². The van der Waals surface area contributed by atoms with Crippen LogP contribution in [0.25, 0.3) is 0 Å². The van der Waals surface area contributed by atoms with E-state index in [0.29, 0.717) is 23.8 Å². The van der Waals surface area contributed by atoms with E-state index in [0.717, 1.165) is 44.1 Å². The van der Waals surface area contributed by atoms with Crippen LogP contribution >= 0.6 is 23.4 Å². The number of halogens is 1. The number of nitrogens with one attached hydrogen (secondary N) is 2. The highest BCUT2D eigenvalue weighted by Gasteiger charge is 2.73. The van der Waals surface area contributed by atoms with Crippen molar-refractivity contribution in [2.24, 2.45) is 11.8 Å². The minimum Gasteiger partial charge on any atom is -0.396 e. The van der Waals surface area contributed by atoms with E-state index in [9.17, 15) is 14.4 Å². The predicted molar refractivity (Wildman–Crippen MR) is 150 cm³/mol. The van der Waals surface area contributed by atoms with Crippen molar-refractivity contribution < 1.29 is 19.5 Å². The lowest BCUT2D eigenvalue weighted by atomic mass is 9.70. The van der Waals surface area contributed by atoms with Crippen molar-refractivity contribution in [1.82, 2.24) is 10.2 Å². The van der Waals surface area contributed by atoms with Crippen molar-refractivity contribution in [2.75, 3.05) is 18.5 Å². The summed E-state index contributed by atoms with van der Waals surface area (Å²) in [5.41, 5.74) is 1.52. The highest BCUT2D eigenvalue weighted by Crippen LogP contribution is 2.66. The van der Waals surface area contributed by atoms with Crippen LogP contribution in [0.3, 0.4) is 0 Å². The van der Waals surface area contributed by atoms with Gasteiger partial charge in [0.2, 0.25) is 17.7 Å². The summed E-state index contributed by atoms with van der Waals surface area (Å²) >= 11 is 8.00. The molecule has 2 aromatic rings. The number of unbranched alkanes of at least 4 members (excludes halogenated alkanes) is 3. The van der Waals surface area contributed by atoms with Crippen LogP contribution in [0.4, 0.5) is 5.69 Å². The van der Waals surface area contributed by atoms with Crippen molar-refractivity contribution in [3.63, 3.8) is 0 Å². The Hall–Kier alpha value is -2.55. The van der Waals surface area contributed by atoms with Gasteiger partial charge in [-0.2, -0.15) is 0 Å². The summed E-state index contributed by atoms with van der Waals surface area (Å²) < 4.78 is -0.632. The van der Waals surface area contributed by atoms with Crippen molar-refractivity contribution in [3.05, 3.63) is 65.2 Å². The molecule has 1 spiro atoms. The van der Waals surface area contributed by atoms with Crippen LogP contribution in [-0.2, 0) is 20.9 Å². The molecule has 3 heterocycles. The van der Waals surface area contributed by atoms with Crippen LogP contribution < -0.4 is 10.6 Å². The highest BCUT2D eigenvalue weighted by molar-refractivity contribution is 8.02. The smallest absolute Gasteiger partial charge is 0.248 e. The molecule has 0 aliphatic carbocycles. The quantitative estimate of drug-likeness (QED) is 0.360. The number of para-hydroxylation sites is 1. The van der Waals surface area contributed by atoms with Crippen LogP contribution in [0.15, 0.2) is 54.6 Å². The van der Waals surface area contributed by atoms with Gasteiger partial charge in [-0.3, -0.25) is 14.4 Å². The molecule has 7 nitrogen and oxygen atoms in total. The number of benzene rings is 2. The SMILES string of the molecule is O=C(Nc1ccccc1Cl)C1N(CCCCCCO)C(=O)[C@@H]2[C@@H](C(=O)NCc3ccccc3)[C@H]3CCC12S3. The van der Waals surface area contributed by atoms with Gasteiger partial charge in [0.15, 0.2) is 0 Å². The Labute approximate surface area is 232 Å². The van der Waals surface area contributed by atoms with Gasteiger partial charge in [-0.05, 0) is 43.4 Å². The number of carbonyl (C=O) groups is 3. The summed E-state index contributed by atoms with van der Waals surface area (Å²) in [6, 6.07) is 16.2. The Balaban J connectivity index is 1.39. The first-order valence-electron chi connectivity index (χ1n) is 13.4. The first kappa shape index (κ1) is 27.0. The summed E-state index contributed by atoms with van der Waals surface area (Å²) in [5.74, 6) is -1.44. The second kappa shape index (κ2) is 11.7. The average Bonchev–Trinajstić information content (AvgIpc) is 3.56. The van der Waals surface area contributed by atoms with Gasteiger partial charge in [0.05, 0.1) is 27.3 Å². The van der Waals surface area contributed by atoms with E-state index in [1.807, 2.05) is 36.4 Å². The highest BCUT2D eigenvalue weighted by atomic mass is 35.5. The molecule has 9 heteroatoms. The van der Waals surface area contributed by atoms with Crippen LogP contribution in [-0.4, -0.2) is 56.9 Å². The van der Waals surface area contributed by atoms with Crippen molar-refractivity contribution in [1.29, 1.82) is 0 Å². The molecule has 202 valence electrons. The van der Waals surface area contributed by atoms with E-state index >= 15 is 0 Å². The van der Waals surface area contributed by atoms with E-state index in [-0.39, 0.29) is 29.6 Å². The minimum atomic E-state index is -0.670. The van der Waals surface area contributed by atoms with E-state index < -0.39 is 22.6 Å². The fraction of sp³-hybridized carbons (Fsp3) is 0.483. The number of nitrogens with zero attached hydrogens (tertiary/aromatic N) is 1. The molecule has 5 rings (SSSR count). The normalized spacial score (nSPS) is 27.4. The monoisotopic (exact) mass is 555 g/mol. The van der Waals surface area contributed by atoms with Crippen LogP contribution in [0.1, 0.15) is 44.1 Å². The molecule has 3 aliphatic rings. The summed E-state index contributed by atoms with van der Waals surface area (Å²) in [7, 11) is 0. The predicted octanol–water partition coefficient (Wildman–Crippen LogP) is 4.24. The second-order valence-electron chi connectivity index (χ2n) is 10.4. The van der Waals surface area contributed by atoms with Gasteiger partial charge >= 0.3 is 0 Å². The molecule has 3 aliphatic heterocycles. The molecular formula is C29H34ClN3O4S. The zero-order valence-corrected chi connectivity index (χ0v) is 22.8. The number of likely N-dealkylation sites (tertiary alicyclic amines) is 1. The molecule has 38 heavy (non-hydrogen) atoms. The molecule has 0 aromatic heterocycles. The van der Waals surface area contributed by atoms with E-state index in [1.165, 1.54) is 0 Å². The molecule has 2 unspecified atom stereocenters. The van der Waals surface area contributed by atoms with Crippen molar-refractivity contribution in [3.8, 4) is 0 Å². The number of amides is 3. The van der Waals surface area contributed by atoms with E-state index in [2.05, 4.69) is 10.6 Å². The number of hydrogen-bond acceptors (Lipinski definition) is 5. The number of rotatable bonds is 11. The maximum absolute atomic E-state index is 14.0. The summed E-state index contributed by atoms with van der Waals surface area (Å²) in [6.45, 7) is 1.01. The number of hydrogen-bond donors (Lipinski definition) is 3. The van der Waals surface area contributed by atoms with Crippen LogP contribution in [0, 0.1) is 11.8 Å². The number of aliphatic hydroxyl groups is 1. The molecule has 0 saturated carbocycles. The molecule has 3 saturated heterocycles. The lowest BCUT2D eigenvalue weighted by molar-refractivity contribution is -0.139. The lowest BCUT2D eigenvalue weighted by Crippen LogP contribution is -2.51. The van der Waals surface area contributed by atoms with Gasteiger partial charge in [0, 0.05) is 24.9 Å². The fourth-order valence-corrected chi connectivity index (χ4v) is 8.81. The molecule has 0 radical (unpaired) electrons. The third kappa shape index (κ3) is 5.06. The van der Waals surface area contributed by atoms with Crippen LogP contribution in [0.2, 0.25) is 5.02 Å². The molecule has 2 bridgehead atoms. The zero-order chi connectivity index (χ0) is 26.7. The number of thioether (sulfide) groups is 1. The molecule has 3 N–H and O–H groups in total. The minimum absolute atomic E-state index is 0.0158. The van der Waals surface area contributed by atoms with Gasteiger partial charge in [0.1, 0.15) is 6.04 Å². The van der Waals surface area contributed by atoms with Gasteiger partial charge < -0.3 is 20.6 Å². The molecule has 5 atom stereocenters. The number of fused-ring (bicyclic) bond motifs is 1. The third-order valence-electron chi connectivity index (χ3n) is 8.10. The standard InChI is InChI=1S/C29H34ClN3O4S/c30-20-12-6-7-13-21(20)32-27(36)25-29-15-14-22(38-29)23(26(35)31-18-19-10-4-3-5-11-19)24(29)28(37)33(25)16-8-1-2-9-17-34/h3-7,10-13,22-25,34H,1-2,8-9,14-18H2,(H,31,35)(H,32,36)/t22-,23+,24+,25?,29?/m1/s1. The summed E-state index contributed by atoms with van der Waals surface area (Å²) in [5, 5.41) is 15.6. The maximum Gasteiger partial charge on any atom is 0.248 e. The Bertz CT molecular complexity index is 1180. The van der Waals surface area contributed by atoms with Crippen molar-refractivity contribution >= 4 is 46.8 Å². The Kier molecular flexibility index (Phi) is 8.31. The Morgan fingerprint density at radius 1 is 1.03 bits per heavy atom. The topological polar surface area (TPSA) is 98.7 Å². The molecular weight excluding hydrogens is 522 g/mol. The van der Waals surface area contributed by atoms with Gasteiger partial charge in [-0.15, -0.1) is 11.8 Å². The Morgan fingerprint density at radius 2 is 1.76 bits per heavy atom. The fourth-order valence-electron chi connectivity index (χ4n) is 6.41. The number of carbonyl (C=O) groups excluding carboxylic acids is 3. The molecule has 2 aromatic carbocycles. The van der Waals surface area contributed by atoms with Gasteiger partial charge in [-0.1, -0.05) is 66.9 Å². The molecule has 3 fully saturated rings. The van der Waals surface area contributed by atoms with Gasteiger partial charge in [0.25, 0.3) is 0 Å². The van der Waals surface area contributed by atoms with Crippen LogP contribution in [0.5, 0.6) is 0 Å².